The summed E-state index contributed by atoms with van der Waals surface area (Å²) in [5, 5.41) is 13.8. The van der Waals surface area contributed by atoms with Gasteiger partial charge >= 0.3 is 0 Å². The predicted molar refractivity (Wildman–Crippen MR) is 116 cm³/mol. The highest BCUT2D eigenvalue weighted by atomic mass is 16.5. The van der Waals surface area contributed by atoms with Gasteiger partial charge < -0.3 is 10.1 Å². The Morgan fingerprint density at radius 1 is 1.00 bits per heavy atom. The van der Waals surface area contributed by atoms with Crippen molar-refractivity contribution in [2.75, 3.05) is 7.11 Å². The van der Waals surface area contributed by atoms with Crippen molar-refractivity contribution in [2.24, 2.45) is 0 Å². The molecule has 0 radical (unpaired) electrons. The molecule has 1 N–H and O–H groups in total. The van der Waals surface area contributed by atoms with Crippen LogP contribution in [0.15, 0.2) is 79.1 Å². The maximum atomic E-state index is 12.9. The summed E-state index contributed by atoms with van der Waals surface area (Å²) in [4.78, 5) is 14.5. The maximum absolute atomic E-state index is 12.9. The number of hydrogen-bond acceptors (Lipinski definition) is 4. The second-order valence-electron chi connectivity index (χ2n) is 7.08. The Morgan fingerprint density at radius 3 is 2.50 bits per heavy atom. The molecular formula is C24H24N4O2. The van der Waals surface area contributed by atoms with Gasteiger partial charge in [0.15, 0.2) is 0 Å². The molecular weight excluding hydrogens is 376 g/mol. The summed E-state index contributed by atoms with van der Waals surface area (Å²) in [5.41, 5.74) is 2.07. The van der Waals surface area contributed by atoms with Crippen molar-refractivity contribution in [1.29, 1.82) is 0 Å². The van der Waals surface area contributed by atoms with Crippen LogP contribution in [-0.2, 0) is 17.8 Å². The van der Waals surface area contributed by atoms with E-state index >= 15 is 0 Å². The van der Waals surface area contributed by atoms with Crippen molar-refractivity contribution in [1.82, 2.24) is 20.3 Å². The first-order valence-electron chi connectivity index (χ1n) is 9.97. The fourth-order valence-electron chi connectivity index (χ4n) is 3.69. The molecule has 6 heteroatoms. The van der Waals surface area contributed by atoms with E-state index in [1.807, 2.05) is 54.6 Å². The Bertz CT molecular complexity index is 1110. The lowest BCUT2D eigenvalue weighted by Crippen LogP contribution is -2.32. The Morgan fingerprint density at radius 2 is 1.73 bits per heavy atom. The largest absolute Gasteiger partial charge is 0.496 e. The molecule has 1 heterocycles. The number of hydrogen-bond donors (Lipinski definition) is 1. The number of aromatic nitrogens is 3. The van der Waals surface area contributed by atoms with Crippen LogP contribution in [-0.4, -0.2) is 28.0 Å². The van der Waals surface area contributed by atoms with Crippen molar-refractivity contribution in [3.05, 3.63) is 90.3 Å². The highest BCUT2D eigenvalue weighted by Gasteiger charge is 2.17. The van der Waals surface area contributed by atoms with E-state index in [1.165, 1.54) is 0 Å². The predicted octanol–water partition coefficient (Wildman–Crippen LogP) is 3.93. The van der Waals surface area contributed by atoms with Crippen molar-refractivity contribution >= 4 is 16.7 Å². The molecule has 1 atom stereocenters. The van der Waals surface area contributed by atoms with Crippen LogP contribution in [0, 0.1) is 0 Å². The number of nitrogens with one attached hydrogen (secondary N) is 1. The first kappa shape index (κ1) is 19.6. The Balaban J connectivity index is 1.50. The highest BCUT2D eigenvalue weighted by molar-refractivity contribution is 5.88. The minimum Gasteiger partial charge on any atom is -0.496 e. The molecule has 1 amide bonds. The van der Waals surface area contributed by atoms with Crippen LogP contribution in [0.4, 0.5) is 0 Å². The maximum Gasteiger partial charge on any atom is 0.220 e. The molecule has 0 spiro atoms. The summed E-state index contributed by atoms with van der Waals surface area (Å²) in [6.07, 6.45) is 4.23. The van der Waals surface area contributed by atoms with E-state index in [0.29, 0.717) is 19.4 Å². The number of aryl methyl sites for hydroxylation is 1. The summed E-state index contributed by atoms with van der Waals surface area (Å²) < 4.78 is 5.55. The number of benzene rings is 3. The molecule has 6 nitrogen and oxygen atoms in total. The van der Waals surface area contributed by atoms with E-state index in [0.717, 1.165) is 27.6 Å². The second-order valence-corrected chi connectivity index (χ2v) is 7.08. The molecule has 152 valence electrons. The number of methoxy groups -OCH3 is 1. The van der Waals surface area contributed by atoms with Gasteiger partial charge in [0.25, 0.3) is 0 Å². The minimum absolute atomic E-state index is 0.0222. The van der Waals surface area contributed by atoms with E-state index in [2.05, 4.69) is 27.6 Å². The van der Waals surface area contributed by atoms with Gasteiger partial charge in [-0.05, 0) is 28.8 Å². The summed E-state index contributed by atoms with van der Waals surface area (Å²) >= 11 is 0. The fraction of sp³-hybridized carbons (Fsp3) is 0.208. The second kappa shape index (κ2) is 9.22. The molecule has 0 fully saturated rings. The summed E-state index contributed by atoms with van der Waals surface area (Å²) in [6.45, 7) is 0.473. The normalized spacial score (nSPS) is 11.9. The third-order valence-electron chi connectivity index (χ3n) is 5.17. The fourth-order valence-corrected chi connectivity index (χ4v) is 3.69. The monoisotopic (exact) mass is 400 g/mol. The Labute approximate surface area is 175 Å². The zero-order chi connectivity index (χ0) is 20.8. The van der Waals surface area contributed by atoms with E-state index < -0.39 is 0 Å². The number of carbonyl (C=O) groups excluding carboxylic acids is 1. The Kier molecular flexibility index (Phi) is 6.03. The zero-order valence-electron chi connectivity index (χ0n) is 16.9. The molecule has 3 aromatic carbocycles. The van der Waals surface area contributed by atoms with Crippen molar-refractivity contribution in [3.63, 3.8) is 0 Å². The lowest BCUT2D eigenvalue weighted by atomic mass is 9.99. The van der Waals surface area contributed by atoms with Gasteiger partial charge in [-0.3, -0.25) is 4.79 Å². The molecule has 30 heavy (non-hydrogen) atoms. The van der Waals surface area contributed by atoms with Gasteiger partial charge in [-0.1, -0.05) is 60.7 Å². The molecule has 0 aliphatic rings. The van der Waals surface area contributed by atoms with E-state index in [-0.39, 0.29) is 11.9 Å². The number of ether oxygens (including phenoxy) is 1. The molecule has 0 saturated heterocycles. The van der Waals surface area contributed by atoms with Gasteiger partial charge in [0.05, 0.1) is 32.1 Å². The standard InChI is InChI=1S/C24H24N4O2/c1-30-23-13-11-18-7-5-6-10-20(18)21(23)12-14-24(29)27-22(17-28-25-15-16-26-28)19-8-3-2-4-9-19/h2-11,13,15-16,22H,12,14,17H2,1H3,(H,27,29). The van der Waals surface area contributed by atoms with Gasteiger partial charge in [-0.25, -0.2) is 0 Å². The molecule has 1 aromatic heterocycles. The quantitative estimate of drug-likeness (QED) is 0.487. The number of rotatable bonds is 8. The van der Waals surface area contributed by atoms with Crippen LogP contribution in [0.25, 0.3) is 10.8 Å². The summed E-state index contributed by atoms with van der Waals surface area (Å²) in [7, 11) is 1.66. The van der Waals surface area contributed by atoms with Crippen molar-refractivity contribution in [3.8, 4) is 5.75 Å². The van der Waals surface area contributed by atoms with Gasteiger partial charge in [0.2, 0.25) is 5.91 Å². The average molecular weight is 400 g/mol. The zero-order valence-corrected chi connectivity index (χ0v) is 16.9. The van der Waals surface area contributed by atoms with Crippen LogP contribution in [0.1, 0.15) is 23.6 Å². The number of carbonyl (C=O) groups is 1. The number of nitrogens with zero attached hydrogens (tertiary/aromatic N) is 3. The molecule has 4 rings (SSSR count). The molecule has 0 bridgehead atoms. The lowest BCUT2D eigenvalue weighted by molar-refractivity contribution is -0.121. The van der Waals surface area contributed by atoms with E-state index in [4.69, 9.17) is 4.74 Å². The van der Waals surface area contributed by atoms with Gasteiger partial charge in [-0.2, -0.15) is 15.0 Å². The molecule has 0 saturated carbocycles. The van der Waals surface area contributed by atoms with Crippen LogP contribution >= 0.6 is 0 Å². The smallest absolute Gasteiger partial charge is 0.220 e. The van der Waals surface area contributed by atoms with Crippen LogP contribution in [0.3, 0.4) is 0 Å². The first-order chi connectivity index (χ1) is 14.7. The number of amides is 1. The van der Waals surface area contributed by atoms with E-state index in [1.54, 1.807) is 24.3 Å². The van der Waals surface area contributed by atoms with Crippen LogP contribution in [0.5, 0.6) is 5.75 Å². The highest BCUT2D eigenvalue weighted by Crippen LogP contribution is 2.29. The Hall–Kier alpha value is -3.67. The van der Waals surface area contributed by atoms with Crippen molar-refractivity contribution < 1.29 is 9.53 Å². The third-order valence-corrected chi connectivity index (χ3v) is 5.17. The number of fused-ring (bicyclic) bond motifs is 1. The van der Waals surface area contributed by atoms with Crippen LogP contribution in [0.2, 0.25) is 0 Å². The average Bonchev–Trinajstić information content (AvgIpc) is 3.30. The summed E-state index contributed by atoms with van der Waals surface area (Å²) in [6, 6.07) is 21.9. The van der Waals surface area contributed by atoms with Crippen LogP contribution < -0.4 is 10.1 Å². The minimum atomic E-state index is -0.208. The molecule has 1 unspecified atom stereocenters. The van der Waals surface area contributed by atoms with Gasteiger partial charge in [0, 0.05) is 12.0 Å². The lowest BCUT2D eigenvalue weighted by Gasteiger charge is -2.19. The first-order valence-corrected chi connectivity index (χ1v) is 9.97. The van der Waals surface area contributed by atoms with E-state index in [9.17, 15) is 4.79 Å². The van der Waals surface area contributed by atoms with Gasteiger partial charge in [-0.15, -0.1) is 0 Å². The topological polar surface area (TPSA) is 69.0 Å². The van der Waals surface area contributed by atoms with Crippen molar-refractivity contribution in [2.45, 2.75) is 25.4 Å². The molecule has 4 aromatic rings. The SMILES string of the molecule is COc1ccc2ccccc2c1CCC(=O)NC(Cn1nccn1)c1ccccc1. The summed E-state index contributed by atoms with van der Waals surface area (Å²) in [5.74, 6) is 0.785. The molecule has 0 aliphatic carbocycles. The van der Waals surface area contributed by atoms with Gasteiger partial charge in [0.1, 0.15) is 5.75 Å². The third kappa shape index (κ3) is 4.49. The molecule has 0 aliphatic heterocycles.